The van der Waals surface area contributed by atoms with E-state index < -0.39 is 0 Å². The summed E-state index contributed by atoms with van der Waals surface area (Å²) in [5.41, 5.74) is 0.0641. The van der Waals surface area contributed by atoms with Gasteiger partial charge in [-0.1, -0.05) is 41.5 Å². The quantitative estimate of drug-likeness (QED) is 0.353. The Kier molecular flexibility index (Phi) is 11.4. The molecule has 0 aromatic rings. The molecule has 6 nitrogen and oxygen atoms in total. The maximum atomic E-state index is 6.18. The summed E-state index contributed by atoms with van der Waals surface area (Å²) < 4.78 is 36.2. The van der Waals surface area contributed by atoms with Gasteiger partial charge in [0.05, 0.1) is 38.6 Å². The maximum Gasteiger partial charge on any atom is 0.160 e. The van der Waals surface area contributed by atoms with Gasteiger partial charge in [0.2, 0.25) is 0 Å². The fourth-order valence-corrected chi connectivity index (χ4v) is 4.29. The van der Waals surface area contributed by atoms with Crippen molar-refractivity contribution in [2.24, 2.45) is 29.1 Å². The molecule has 0 N–H and O–H groups in total. The Morgan fingerprint density at radius 1 is 0.812 bits per heavy atom. The molecule has 0 amide bonds. The molecule has 190 valence electrons. The predicted molar refractivity (Wildman–Crippen MR) is 126 cm³/mol. The molecule has 0 radical (unpaired) electrons. The van der Waals surface area contributed by atoms with E-state index >= 15 is 0 Å². The summed E-state index contributed by atoms with van der Waals surface area (Å²) >= 11 is 0. The number of hydrogen-bond donors (Lipinski definition) is 0. The first-order chi connectivity index (χ1) is 15.0. The number of hydrogen-bond acceptors (Lipinski definition) is 6. The smallest absolute Gasteiger partial charge is 0.160 e. The first kappa shape index (κ1) is 28.0. The van der Waals surface area contributed by atoms with Crippen molar-refractivity contribution in [3.63, 3.8) is 0 Å². The van der Waals surface area contributed by atoms with Crippen molar-refractivity contribution >= 4 is 0 Å². The van der Waals surface area contributed by atoms with Crippen LogP contribution in [0.1, 0.15) is 81.6 Å². The minimum absolute atomic E-state index is 0.0641. The van der Waals surface area contributed by atoms with Crippen LogP contribution in [0.15, 0.2) is 0 Å². The molecule has 0 aliphatic carbocycles. The molecule has 2 aliphatic heterocycles. The van der Waals surface area contributed by atoms with E-state index in [1.165, 1.54) is 0 Å². The molecular weight excluding hydrogens is 408 g/mol. The van der Waals surface area contributed by atoms with Crippen LogP contribution < -0.4 is 0 Å². The molecule has 3 unspecified atom stereocenters. The summed E-state index contributed by atoms with van der Waals surface area (Å²) in [5.74, 6) is 1.41. The van der Waals surface area contributed by atoms with Crippen LogP contribution >= 0.6 is 0 Å². The molecule has 0 aromatic heterocycles. The fraction of sp³-hybridized carbons (Fsp3) is 1.00. The first-order valence-corrected chi connectivity index (χ1v) is 12.8. The van der Waals surface area contributed by atoms with E-state index in [9.17, 15) is 0 Å². The minimum Gasteiger partial charge on any atom is -0.352 e. The molecule has 0 bridgehead atoms. The van der Waals surface area contributed by atoms with Gasteiger partial charge in [0, 0.05) is 29.1 Å². The summed E-state index contributed by atoms with van der Waals surface area (Å²) in [4.78, 5) is 0. The lowest BCUT2D eigenvalue weighted by Crippen LogP contribution is -2.43. The van der Waals surface area contributed by atoms with Crippen molar-refractivity contribution in [2.45, 2.75) is 113 Å². The molecule has 2 rings (SSSR count). The standard InChI is InChI=1S/C26H50O6/c1-17(2)23-29-15-26(9,16-30-23)11-10-20(7)25-27-13-22(14-28-25)12-21(8)32-24(18(3)4)31-19(5)6/h17-25H,10-16H2,1-9H3. The van der Waals surface area contributed by atoms with Crippen LogP contribution in [0.5, 0.6) is 0 Å². The van der Waals surface area contributed by atoms with Gasteiger partial charge >= 0.3 is 0 Å². The molecule has 3 atom stereocenters. The summed E-state index contributed by atoms with van der Waals surface area (Å²) in [6.45, 7) is 22.2. The van der Waals surface area contributed by atoms with Crippen LogP contribution in [-0.4, -0.2) is 57.5 Å². The lowest BCUT2D eigenvalue weighted by molar-refractivity contribution is -0.249. The predicted octanol–water partition coefficient (Wildman–Crippen LogP) is 5.63. The third-order valence-corrected chi connectivity index (χ3v) is 6.38. The van der Waals surface area contributed by atoms with E-state index in [4.69, 9.17) is 28.4 Å². The lowest BCUT2D eigenvalue weighted by atomic mass is 9.83. The Hall–Kier alpha value is -0.240. The van der Waals surface area contributed by atoms with E-state index in [0.29, 0.717) is 23.7 Å². The second-order valence-electron chi connectivity index (χ2n) is 11.4. The van der Waals surface area contributed by atoms with Gasteiger partial charge in [0.15, 0.2) is 18.9 Å². The van der Waals surface area contributed by atoms with E-state index in [1.807, 2.05) is 13.8 Å². The van der Waals surface area contributed by atoms with Crippen molar-refractivity contribution in [1.82, 2.24) is 0 Å². The molecule has 0 aromatic carbocycles. The molecule has 32 heavy (non-hydrogen) atoms. The van der Waals surface area contributed by atoms with Gasteiger partial charge in [0.1, 0.15) is 0 Å². The molecule has 2 aliphatic rings. The summed E-state index contributed by atoms with van der Waals surface area (Å²) in [6.07, 6.45) is 2.88. The van der Waals surface area contributed by atoms with E-state index in [-0.39, 0.29) is 36.5 Å². The molecule has 0 spiro atoms. The van der Waals surface area contributed by atoms with Crippen molar-refractivity contribution in [2.75, 3.05) is 26.4 Å². The Morgan fingerprint density at radius 2 is 1.41 bits per heavy atom. The zero-order chi connectivity index (χ0) is 23.9. The SMILES string of the molecule is CC(C)OC(OC(C)CC1COC(C(C)CCC2(C)COC(C(C)C)OC2)OC1)C(C)C. The third kappa shape index (κ3) is 9.19. The molecule has 6 heteroatoms. The van der Waals surface area contributed by atoms with Gasteiger partial charge in [-0.15, -0.1) is 0 Å². The van der Waals surface area contributed by atoms with Gasteiger partial charge in [0.25, 0.3) is 0 Å². The van der Waals surface area contributed by atoms with Crippen LogP contribution in [0.25, 0.3) is 0 Å². The normalized spacial score (nSPS) is 32.4. The highest BCUT2D eigenvalue weighted by Crippen LogP contribution is 2.34. The van der Waals surface area contributed by atoms with Crippen LogP contribution in [0, 0.1) is 29.1 Å². The van der Waals surface area contributed by atoms with Crippen molar-refractivity contribution in [1.29, 1.82) is 0 Å². The van der Waals surface area contributed by atoms with Gasteiger partial charge in [-0.25, -0.2) is 0 Å². The topological polar surface area (TPSA) is 55.4 Å². The molecule has 0 saturated carbocycles. The average Bonchev–Trinajstić information content (AvgIpc) is 2.72. The highest BCUT2D eigenvalue weighted by molar-refractivity contribution is 4.80. The molecule has 2 fully saturated rings. The lowest BCUT2D eigenvalue weighted by Gasteiger charge is -2.40. The highest BCUT2D eigenvalue weighted by atomic mass is 16.7. The van der Waals surface area contributed by atoms with Gasteiger partial charge in [-0.2, -0.15) is 0 Å². The minimum atomic E-state index is -0.173. The van der Waals surface area contributed by atoms with Crippen molar-refractivity contribution in [3.05, 3.63) is 0 Å². The zero-order valence-electron chi connectivity index (χ0n) is 22.1. The van der Waals surface area contributed by atoms with Gasteiger partial charge in [-0.3, -0.25) is 0 Å². The second-order valence-corrected chi connectivity index (χ2v) is 11.4. The van der Waals surface area contributed by atoms with Gasteiger partial charge < -0.3 is 28.4 Å². The Morgan fingerprint density at radius 3 is 1.91 bits per heavy atom. The molecule has 2 saturated heterocycles. The summed E-state index contributed by atoms with van der Waals surface area (Å²) in [5, 5.41) is 0. The summed E-state index contributed by atoms with van der Waals surface area (Å²) in [7, 11) is 0. The van der Waals surface area contributed by atoms with Crippen LogP contribution in [0.4, 0.5) is 0 Å². The number of rotatable bonds is 12. The van der Waals surface area contributed by atoms with Crippen molar-refractivity contribution < 1.29 is 28.4 Å². The maximum absolute atomic E-state index is 6.18. The van der Waals surface area contributed by atoms with E-state index in [2.05, 4.69) is 48.5 Å². The Labute approximate surface area is 197 Å². The second kappa shape index (κ2) is 13.0. The molecular formula is C26H50O6. The van der Waals surface area contributed by atoms with Crippen molar-refractivity contribution in [3.8, 4) is 0 Å². The monoisotopic (exact) mass is 458 g/mol. The van der Waals surface area contributed by atoms with Gasteiger partial charge in [-0.05, 0) is 40.0 Å². The van der Waals surface area contributed by atoms with E-state index in [1.54, 1.807) is 0 Å². The number of ether oxygens (including phenoxy) is 6. The fourth-order valence-electron chi connectivity index (χ4n) is 4.29. The van der Waals surface area contributed by atoms with Crippen LogP contribution in [0.2, 0.25) is 0 Å². The Balaban J connectivity index is 1.68. The highest BCUT2D eigenvalue weighted by Gasteiger charge is 2.35. The molecule has 2 heterocycles. The zero-order valence-corrected chi connectivity index (χ0v) is 22.1. The summed E-state index contributed by atoms with van der Waals surface area (Å²) in [6, 6.07) is 0. The largest absolute Gasteiger partial charge is 0.352 e. The van der Waals surface area contributed by atoms with Crippen LogP contribution in [0.3, 0.4) is 0 Å². The van der Waals surface area contributed by atoms with E-state index in [0.717, 1.165) is 45.7 Å². The third-order valence-electron chi connectivity index (χ3n) is 6.38. The average molecular weight is 459 g/mol. The Bertz CT molecular complexity index is 506. The van der Waals surface area contributed by atoms with Crippen LogP contribution in [-0.2, 0) is 28.4 Å². The first-order valence-electron chi connectivity index (χ1n) is 12.8.